The molecular formula is C18H16. The van der Waals surface area contributed by atoms with Crippen LogP contribution in [0.15, 0.2) is 42.5 Å². The fraction of sp³-hybridized carbons (Fsp3) is 0.222. The van der Waals surface area contributed by atoms with E-state index in [0.29, 0.717) is 0 Å². The lowest BCUT2D eigenvalue weighted by atomic mass is 9.80. The molecule has 0 unspecified atom stereocenters. The van der Waals surface area contributed by atoms with Gasteiger partial charge in [-0.1, -0.05) is 48.6 Å². The van der Waals surface area contributed by atoms with Gasteiger partial charge in [-0.15, -0.1) is 0 Å². The first kappa shape index (κ1) is 10.1. The van der Waals surface area contributed by atoms with Gasteiger partial charge >= 0.3 is 0 Å². The normalized spacial score (nSPS) is 15.8. The van der Waals surface area contributed by atoms with E-state index in [1.165, 1.54) is 47.9 Å². The fourth-order valence-corrected chi connectivity index (χ4v) is 3.40. The topological polar surface area (TPSA) is 0 Å². The summed E-state index contributed by atoms with van der Waals surface area (Å²) in [5.74, 6) is 0. The molecule has 4 rings (SSSR count). The van der Waals surface area contributed by atoms with Crippen LogP contribution in [0.3, 0.4) is 0 Å². The van der Waals surface area contributed by atoms with Crippen molar-refractivity contribution in [3.8, 4) is 11.1 Å². The maximum absolute atomic E-state index is 2.32. The average molecular weight is 232 g/mol. The molecule has 0 radical (unpaired) electrons. The minimum absolute atomic E-state index is 1.20. The molecule has 0 fully saturated rings. The van der Waals surface area contributed by atoms with E-state index in [1.807, 2.05) is 0 Å². The molecule has 0 atom stereocenters. The first-order valence-electron chi connectivity index (χ1n) is 6.83. The van der Waals surface area contributed by atoms with Gasteiger partial charge in [-0.3, -0.25) is 0 Å². The summed E-state index contributed by atoms with van der Waals surface area (Å²) < 4.78 is 0. The van der Waals surface area contributed by atoms with Crippen molar-refractivity contribution in [3.63, 3.8) is 0 Å². The molecule has 0 heterocycles. The molecule has 18 heavy (non-hydrogen) atoms. The maximum atomic E-state index is 2.32. The van der Waals surface area contributed by atoms with Crippen molar-refractivity contribution >= 4 is 6.08 Å². The van der Waals surface area contributed by atoms with Gasteiger partial charge in [-0.05, 0) is 59.1 Å². The van der Waals surface area contributed by atoms with Crippen LogP contribution in [0.4, 0.5) is 0 Å². The van der Waals surface area contributed by atoms with Gasteiger partial charge in [-0.25, -0.2) is 0 Å². The Morgan fingerprint density at radius 1 is 0.722 bits per heavy atom. The minimum atomic E-state index is 1.20. The molecule has 0 saturated carbocycles. The van der Waals surface area contributed by atoms with Crippen molar-refractivity contribution in [2.45, 2.75) is 25.7 Å². The van der Waals surface area contributed by atoms with E-state index in [2.05, 4.69) is 48.6 Å². The van der Waals surface area contributed by atoms with Crippen LogP contribution < -0.4 is 0 Å². The third kappa shape index (κ3) is 1.38. The van der Waals surface area contributed by atoms with Crippen LogP contribution in [0.1, 0.15) is 28.7 Å². The molecule has 0 aliphatic heterocycles. The largest absolute Gasteiger partial charge is 0.0836 e. The standard InChI is InChI=1S/C18H16/c1-3-7-15-13(5-1)9-11-18-16-8-4-2-6-14(16)10-12-17(15)18/h1-3,5-7,10,12H,4,8-9,11H2. The van der Waals surface area contributed by atoms with Crippen molar-refractivity contribution in [2.24, 2.45) is 0 Å². The molecule has 0 aromatic heterocycles. The smallest absolute Gasteiger partial charge is 0.0146 e. The lowest BCUT2D eigenvalue weighted by Crippen LogP contribution is -2.09. The number of benzene rings is 2. The molecule has 0 nitrogen and oxygen atoms in total. The number of rotatable bonds is 0. The Balaban J connectivity index is 1.99. The SMILES string of the molecule is C1=Cc2ccc3c(c2CC1)CCc1ccccc1-3. The summed E-state index contributed by atoms with van der Waals surface area (Å²) in [6.45, 7) is 0. The zero-order valence-electron chi connectivity index (χ0n) is 10.4. The maximum Gasteiger partial charge on any atom is -0.0146 e. The third-order valence-electron chi connectivity index (χ3n) is 4.28. The summed E-state index contributed by atoms with van der Waals surface area (Å²) in [7, 11) is 0. The molecule has 2 aromatic carbocycles. The second-order valence-corrected chi connectivity index (χ2v) is 5.26. The predicted octanol–water partition coefficient (Wildman–Crippen LogP) is 4.41. The monoisotopic (exact) mass is 232 g/mol. The molecule has 0 heteroatoms. The number of hydrogen-bond donors (Lipinski definition) is 0. The van der Waals surface area contributed by atoms with E-state index in [0.717, 1.165) is 0 Å². The van der Waals surface area contributed by atoms with E-state index >= 15 is 0 Å². The van der Waals surface area contributed by atoms with Crippen LogP contribution in [0.2, 0.25) is 0 Å². The van der Waals surface area contributed by atoms with E-state index in [4.69, 9.17) is 0 Å². The van der Waals surface area contributed by atoms with Crippen LogP contribution in [-0.4, -0.2) is 0 Å². The van der Waals surface area contributed by atoms with Gasteiger partial charge < -0.3 is 0 Å². The molecule has 2 aliphatic carbocycles. The molecule has 2 aromatic rings. The van der Waals surface area contributed by atoms with Crippen LogP contribution in [0.25, 0.3) is 17.2 Å². The summed E-state index contributed by atoms with van der Waals surface area (Å²) >= 11 is 0. The minimum Gasteiger partial charge on any atom is -0.0836 e. The number of allylic oxidation sites excluding steroid dienone is 1. The molecule has 0 amide bonds. The van der Waals surface area contributed by atoms with Gasteiger partial charge in [0.25, 0.3) is 0 Å². The number of fused-ring (bicyclic) bond motifs is 5. The highest BCUT2D eigenvalue weighted by atomic mass is 14.2. The van der Waals surface area contributed by atoms with E-state index in [9.17, 15) is 0 Å². The molecule has 88 valence electrons. The van der Waals surface area contributed by atoms with Gasteiger partial charge in [0.15, 0.2) is 0 Å². The molecule has 0 saturated heterocycles. The van der Waals surface area contributed by atoms with Crippen molar-refractivity contribution in [3.05, 3.63) is 64.7 Å². The Hall–Kier alpha value is -1.82. The number of aryl methyl sites for hydroxylation is 1. The summed E-state index contributed by atoms with van der Waals surface area (Å²) in [6.07, 6.45) is 9.42. The van der Waals surface area contributed by atoms with Crippen molar-refractivity contribution in [1.29, 1.82) is 0 Å². The van der Waals surface area contributed by atoms with Crippen molar-refractivity contribution in [1.82, 2.24) is 0 Å². The summed E-state index contributed by atoms with van der Waals surface area (Å²) in [6, 6.07) is 13.5. The van der Waals surface area contributed by atoms with Gasteiger partial charge in [0.2, 0.25) is 0 Å². The molecular weight excluding hydrogens is 216 g/mol. The first-order valence-corrected chi connectivity index (χ1v) is 6.83. The fourth-order valence-electron chi connectivity index (χ4n) is 3.40. The molecule has 2 aliphatic rings. The van der Waals surface area contributed by atoms with Crippen molar-refractivity contribution in [2.75, 3.05) is 0 Å². The first-order chi connectivity index (χ1) is 8.93. The van der Waals surface area contributed by atoms with E-state index in [1.54, 1.807) is 11.1 Å². The Morgan fingerprint density at radius 2 is 1.67 bits per heavy atom. The molecule has 0 spiro atoms. The predicted molar refractivity (Wildman–Crippen MR) is 76.6 cm³/mol. The highest BCUT2D eigenvalue weighted by molar-refractivity contribution is 5.77. The second-order valence-electron chi connectivity index (χ2n) is 5.26. The Kier molecular flexibility index (Phi) is 2.16. The summed E-state index contributed by atoms with van der Waals surface area (Å²) in [5, 5.41) is 0. The van der Waals surface area contributed by atoms with Gasteiger partial charge in [0, 0.05) is 0 Å². The zero-order chi connectivity index (χ0) is 11.9. The van der Waals surface area contributed by atoms with Crippen LogP contribution >= 0.6 is 0 Å². The Labute approximate surface area is 108 Å². The quantitative estimate of drug-likeness (QED) is 0.631. The Morgan fingerprint density at radius 3 is 2.67 bits per heavy atom. The molecule has 0 bridgehead atoms. The van der Waals surface area contributed by atoms with Crippen LogP contribution in [-0.2, 0) is 19.3 Å². The van der Waals surface area contributed by atoms with E-state index in [-0.39, 0.29) is 0 Å². The van der Waals surface area contributed by atoms with E-state index < -0.39 is 0 Å². The van der Waals surface area contributed by atoms with Crippen molar-refractivity contribution < 1.29 is 0 Å². The highest BCUT2D eigenvalue weighted by Crippen LogP contribution is 2.37. The lowest BCUT2D eigenvalue weighted by Gasteiger charge is -2.25. The highest BCUT2D eigenvalue weighted by Gasteiger charge is 2.20. The van der Waals surface area contributed by atoms with Crippen LogP contribution in [0.5, 0.6) is 0 Å². The zero-order valence-corrected chi connectivity index (χ0v) is 10.4. The number of hydrogen-bond acceptors (Lipinski definition) is 0. The van der Waals surface area contributed by atoms with Gasteiger partial charge in [0.05, 0.1) is 0 Å². The molecule has 0 N–H and O–H groups in total. The van der Waals surface area contributed by atoms with Crippen LogP contribution in [0, 0.1) is 0 Å². The average Bonchev–Trinajstić information content (AvgIpc) is 2.46. The van der Waals surface area contributed by atoms with Gasteiger partial charge in [0.1, 0.15) is 0 Å². The Bertz CT molecular complexity index is 647. The lowest BCUT2D eigenvalue weighted by molar-refractivity contribution is 0.887. The summed E-state index contributed by atoms with van der Waals surface area (Å²) in [5.41, 5.74) is 9.10. The second kappa shape index (κ2) is 3.84. The third-order valence-corrected chi connectivity index (χ3v) is 4.28. The summed E-state index contributed by atoms with van der Waals surface area (Å²) in [4.78, 5) is 0. The van der Waals surface area contributed by atoms with Gasteiger partial charge in [-0.2, -0.15) is 0 Å².